The zero-order valence-corrected chi connectivity index (χ0v) is 11.4. The van der Waals surface area contributed by atoms with E-state index in [4.69, 9.17) is 10.5 Å². The molecule has 0 saturated carbocycles. The molecule has 18 heavy (non-hydrogen) atoms. The Labute approximate surface area is 113 Å². The van der Waals surface area contributed by atoms with Gasteiger partial charge in [-0.15, -0.1) is 11.8 Å². The average Bonchev–Trinajstić information content (AvgIpc) is 2.81. The molecule has 1 aromatic rings. The zero-order chi connectivity index (χ0) is 12.4. The van der Waals surface area contributed by atoms with Crippen LogP contribution in [0.3, 0.4) is 0 Å². The first-order valence-electron chi connectivity index (χ1n) is 6.63. The van der Waals surface area contributed by atoms with Crippen LogP contribution >= 0.6 is 11.8 Å². The number of nitrogens with two attached hydrogens (primary N) is 1. The van der Waals surface area contributed by atoms with E-state index < -0.39 is 0 Å². The Bertz CT molecular complexity index is 388. The van der Waals surface area contributed by atoms with E-state index in [1.165, 1.54) is 16.9 Å². The lowest BCUT2D eigenvalue weighted by Gasteiger charge is -2.36. The van der Waals surface area contributed by atoms with Crippen LogP contribution in [-0.4, -0.2) is 49.0 Å². The molecule has 0 bridgehead atoms. The summed E-state index contributed by atoms with van der Waals surface area (Å²) in [4.78, 5) is 3.97. The Morgan fingerprint density at radius 2 is 2.28 bits per heavy atom. The molecule has 0 aromatic heterocycles. The Morgan fingerprint density at radius 1 is 1.39 bits per heavy atom. The second kappa shape index (κ2) is 5.61. The monoisotopic (exact) mass is 264 g/mol. The summed E-state index contributed by atoms with van der Waals surface area (Å²) in [6, 6.07) is 9.16. The highest BCUT2D eigenvalue weighted by Gasteiger charge is 2.28. The molecule has 0 spiro atoms. The van der Waals surface area contributed by atoms with E-state index in [1.807, 2.05) is 11.8 Å². The summed E-state index contributed by atoms with van der Waals surface area (Å²) in [5.74, 6) is 0. The van der Waals surface area contributed by atoms with Crippen molar-refractivity contribution in [2.24, 2.45) is 5.73 Å². The fourth-order valence-electron chi connectivity index (χ4n) is 2.76. The second-order valence-electron chi connectivity index (χ2n) is 5.01. The largest absolute Gasteiger partial charge is 0.378 e. The van der Waals surface area contributed by atoms with Crippen LogP contribution in [0.15, 0.2) is 29.2 Å². The third-order valence-electron chi connectivity index (χ3n) is 3.77. The number of thioether (sulfide) groups is 1. The Balaban J connectivity index is 1.61. The normalized spacial score (nSPS) is 28.3. The maximum Gasteiger partial charge on any atom is 0.0634 e. The molecule has 2 N–H and O–H groups in total. The predicted molar refractivity (Wildman–Crippen MR) is 75.0 cm³/mol. The Hall–Kier alpha value is -0.550. The number of nitrogens with zero attached hydrogens (tertiary/aromatic N) is 1. The van der Waals surface area contributed by atoms with Crippen molar-refractivity contribution in [3.63, 3.8) is 0 Å². The number of morpholine rings is 1. The van der Waals surface area contributed by atoms with E-state index in [0.717, 1.165) is 26.3 Å². The molecule has 3 nitrogen and oxygen atoms in total. The topological polar surface area (TPSA) is 38.5 Å². The van der Waals surface area contributed by atoms with E-state index in [0.29, 0.717) is 17.8 Å². The number of ether oxygens (including phenoxy) is 1. The van der Waals surface area contributed by atoms with Crippen LogP contribution < -0.4 is 5.73 Å². The van der Waals surface area contributed by atoms with Gasteiger partial charge in [-0.2, -0.15) is 0 Å². The lowest BCUT2D eigenvalue weighted by atomic mass is 10.1. The molecule has 0 aliphatic carbocycles. The first-order chi connectivity index (χ1) is 8.86. The number of hydrogen-bond donors (Lipinski definition) is 1. The van der Waals surface area contributed by atoms with Crippen LogP contribution in [0.25, 0.3) is 0 Å². The SMILES string of the molecule is NCC1COCCN1CC1Cc2ccccc2S1. The zero-order valence-electron chi connectivity index (χ0n) is 10.5. The number of rotatable bonds is 3. The van der Waals surface area contributed by atoms with Crippen molar-refractivity contribution < 1.29 is 4.74 Å². The molecular weight excluding hydrogens is 244 g/mol. The standard InChI is InChI=1S/C14H20N2OS/c15-8-12-10-17-6-5-16(12)9-13-7-11-3-1-2-4-14(11)18-13/h1-4,12-13H,5-10,15H2. The Morgan fingerprint density at radius 3 is 3.11 bits per heavy atom. The van der Waals surface area contributed by atoms with Gasteiger partial charge in [0.05, 0.1) is 13.2 Å². The minimum Gasteiger partial charge on any atom is -0.378 e. The predicted octanol–water partition coefficient (Wildman–Crippen LogP) is 1.36. The van der Waals surface area contributed by atoms with Crippen LogP contribution in [0.5, 0.6) is 0 Å². The quantitative estimate of drug-likeness (QED) is 0.895. The summed E-state index contributed by atoms with van der Waals surface area (Å²) in [7, 11) is 0. The molecule has 2 aliphatic rings. The van der Waals surface area contributed by atoms with Gasteiger partial charge in [0.2, 0.25) is 0 Å². The fourth-order valence-corrected chi connectivity index (χ4v) is 4.11. The molecule has 2 aliphatic heterocycles. The van der Waals surface area contributed by atoms with Crippen LogP contribution in [-0.2, 0) is 11.2 Å². The summed E-state index contributed by atoms with van der Waals surface area (Å²) in [6.07, 6.45) is 1.19. The fraction of sp³-hybridized carbons (Fsp3) is 0.571. The molecule has 0 amide bonds. The van der Waals surface area contributed by atoms with E-state index in [1.54, 1.807) is 0 Å². The minimum absolute atomic E-state index is 0.406. The van der Waals surface area contributed by atoms with Gasteiger partial charge >= 0.3 is 0 Å². The molecule has 98 valence electrons. The lowest BCUT2D eigenvalue weighted by molar-refractivity contribution is -0.00334. The molecule has 1 fully saturated rings. The van der Waals surface area contributed by atoms with E-state index in [-0.39, 0.29) is 0 Å². The van der Waals surface area contributed by atoms with Gasteiger partial charge < -0.3 is 10.5 Å². The number of benzene rings is 1. The summed E-state index contributed by atoms with van der Waals surface area (Å²) >= 11 is 2.02. The van der Waals surface area contributed by atoms with Crippen LogP contribution in [0.2, 0.25) is 0 Å². The van der Waals surface area contributed by atoms with E-state index in [2.05, 4.69) is 29.2 Å². The molecule has 2 atom stereocenters. The van der Waals surface area contributed by atoms with Crippen LogP contribution in [0, 0.1) is 0 Å². The van der Waals surface area contributed by atoms with Gasteiger partial charge in [0.25, 0.3) is 0 Å². The summed E-state index contributed by atoms with van der Waals surface area (Å²) in [5, 5.41) is 0.676. The summed E-state index contributed by atoms with van der Waals surface area (Å²) in [5.41, 5.74) is 7.33. The van der Waals surface area contributed by atoms with Crippen molar-refractivity contribution in [3.8, 4) is 0 Å². The highest BCUT2D eigenvalue weighted by molar-refractivity contribution is 8.00. The number of hydrogen-bond acceptors (Lipinski definition) is 4. The van der Waals surface area contributed by atoms with Gasteiger partial charge in [-0.1, -0.05) is 18.2 Å². The summed E-state index contributed by atoms with van der Waals surface area (Å²) in [6.45, 7) is 4.49. The van der Waals surface area contributed by atoms with E-state index in [9.17, 15) is 0 Å². The van der Waals surface area contributed by atoms with Gasteiger partial charge in [-0.25, -0.2) is 0 Å². The van der Waals surface area contributed by atoms with Crippen molar-refractivity contribution in [3.05, 3.63) is 29.8 Å². The van der Waals surface area contributed by atoms with Crippen LogP contribution in [0.4, 0.5) is 0 Å². The van der Waals surface area contributed by atoms with Crippen LogP contribution in [0.1, 0.15) is 5.56 Å². The Kier molecular flexibility index (Phi) is 3.89. The second-order valence-corrected chi connectivity index (χ2v) is 6.35. The van der Waals surface area contributed by atoms with Gasteiger partial charge in [-0.3, -0.25) is 4.90 Å². The number of fused-ring (bicyclic) bond motifs is 1. The summed E-state index contributed by atoms with van der Waals surface area (Å²) < 4.78 is 5.50. The van der Waals surface area contributed by atoms with Gasteiger partial charge in [0.15, 0.2) is 0 Å². The molecular formula is C14H20N2OS. The molecule has 4 heteroatoms. The highest BCUT2D eigenvalue weighted by Crippen LogP contribution is 2.37. The average molecular weight is 264 g/mol. The smallest absolute Gasteiger partial charge is 0.0634 e. The third kappa shape index (κ3) is 2.57. The van der Waals surface area contributed by atoms with Gasteiger partial charge in [0.1, 0.15) is 0 Å². The molecule has 1 aromatic carbocycles. The van der Waals surface area contributed by atoms with Crippen molar-refractivity contribution in [1.29, 1.82) is 0 Å². The van der Waals surface area contributed by atoms with E-state index >= 15 is 0 Å². The maximum absolute atomic E-state index is 5.82. The molecule has 1 saturated heterocycles. The van der Waals surface area contributed by atoms with Crippen molar-refractivity contribution >= 4 is 11.8 Å². The molecule has 0 radical (unpaired) electrons. The minimum atomic E-state index is 0.406. The third-order valence-corrected chi connectivity index (χ3v) is 5.07. The first kappa shape index (κ1) is 12.5. The van der Waals surface area contributed by atoms with Crippen molar-refractivity contribution in [2.45, 2.75) is 22.6 Å². The molecule has 2 heterocycles. The van der Waals surface area contributed by atoms with Gasteiger partial charge in [-0.05, 0) is 18.1 Å². The highest BCUT2D eigenvalue weighted by atomic mass is 32.2. The molecule has 3 rings (SSSR count). The lowest BCUT2D eigenvalue weighted by Crippen LogP contribution is -2.51. The van der Waals surface area contributed by atoms with Gasteiger partial charge in [0, 0.05) is 35.8 Å². The maximum atomic E-state index is 5.82. The van der Waals surface area contributed by atoms with Crippen molar-refractivity contribution in [2.75, 3.05) is 32.8 Å². The molecule has 2 unspecified atom stereocenters. The van der Waals surface area contributed by atoms with Crippen molar-refractivity contribution in [1.82, 2.24) is 4.90 Å². The first-order valence-corrected chi connectivity index (χ1v) is 7.51.